The molecule has 1 N–H and O–H groups in total. The van der Waals surface area contributed by atoms with E-state index in [4.69, 9.17) is 16.3 Å². The van der Waals surface area contributed by atoms with Crippen LogP contribution in [0.25, 0.3) is 0 Å². The van der Waals surface area contributed by atoms with Crippen molar-refractivity contribution < 1.29 is 13.9 Å². The minimum Gasteiger partial charge on any atom is -0.379 e. The maximum atomic E-state index is 13.3. The molecular weight excluding hydrogens is 343 g/mol. The van der Waals surface area contributed by atoms with Crippen LogP contribution in [0.4, 0.5) is 4.39 Å². The number of amides is 1. The first-order valence-electron chi connectivity index (χ1n) is 8.25. The normalized spacial score (nSPS) is 16.4. The third-order valence-electron chi connectivity index (χ3n) is 4.32. The van der Waals surface area contributed by atoms with E-state index in [0.717, 1.165) is 18.7 Å². The van der Waals surface area contributed by atoms with Crippen LogP contribution in [0.15, 0.2) is 48.5 Å². The molecule has 1 fully saturated rings. The maximum Gasteiger partial charge on any atom is 0.252 e. The zero-order chi connectivity index (χ0) is 17.6. The van der Waals surface area contributed by atoms with Crippen molar-refractivity contribution in [3.8, 4) is 0 Å². The molecule has 25 heavy (non-hydrogen) atoms. The predicted molar refractivity (Wildman–Crippen MR) is 95.3 cm³/mol. The van der Waals surface area contributed by atoms with Crippen LogP contribution in [0.1, 0.15) is 22.0 Å². The highest BCUT2D eigenvalue weighted by molar-refractivity contribution is 6.33. The van der Waals surface area contributed by atoms with E-state index in [1.807, 2.05) is 0 Å². The first-order valence-corrected chi connectivity index (χ1v) is 8.63. The van der Waals surface area contributed by atoms with E-state index in [-0.39, 0.29) is 17.8 Å². The van der Waals surface area contributed by atoms with Gasteiger partial charge in [-0.3, -0.25) is 9.69 Å². The highest BCUT2D eigenvalue weighted by Gasteiger charge is 2.23. The van der Waals surface area contributed by atoms with Crippen LogP contribution < -0.4 is 5.32 Å². The summed E-state index contributed by atoms with van der Waals surface area (Å²) < 4.78 is 18.7. The van der Waals surface area contributed by atoms with Gasteiger partial charge in [0.05, 0.1) is 29.8 Å². The maximum absolute atomic E-state index is 13.3. The monoisotopic (exact) mass is 362 g/mol. The fraction of sp³-hybridized carbons (Fsp3) is 0.316. The van der Waals surface area contributed by atoms with Crippen LogP contribution in [0, 0.1) is 5.82 Å². The van der Waals surface area contributed by atoms with E-state index < -0.39 is 0 Å². The summed E-state index contributed by atoms with van der Waals surface area (Å²) in [7, 11) is 0. The van der Waals surface area contributed by atoms with Gasteiger partial charge in [0.15, 0.2) is 0 Å². The zero-order valence-electron chi connectivity index (χ0n) is 13.8. The highest BCUT2D eigenvalue weighted by Crippen LogP contribution is 2.22. The predicted octanol–water partition coefficient (Wildman–Crippen LogP) is 3.28. The Hall–Kier alpha value is -1.95. The zero-order valence-corrected chi connectivity index (χ0v) is 14.5. The lowest BCUT2D eigenvalue weighted by Crippen LogP contribution is -2.43. The number of carbonyl (C=O) groups is 1. The van der Waals surface area contributed by atoms with Crippen molar-refractivity contribution in [1.29, 1.82) is 0 Å². The average molecular weight is 363 g/mol. The van der Waals surface area contributed by atoms with Crippen molar-refractivity contribution in [1.82, 2.24) is 10.2 Å². The second kappa shape index (κ2) is 8.43. The fourth-order valence-corrected chi connectivity index (χ4v) is 3.18. The first-order chi connectivity index (χ1) is 12.1. The Balaban J connectivity index is 1.74. The van der Waals surface area contributed by atoms with Gasteiger partial charge >= 0.3 is 0 Å². The largest absolute Gasteiger partial charge is 0.379 e. The van der Waals surface area contributed by atoms with Crippen LogP contribution in [0.3, 0.4) is 0 Å². The Bertz CT molecular complexity index is 718. The molecule has 1 atom stereocenters. The van der Waals surface area contributed by atoms with Crippen molar-refractivity contribution in [2.75, 3.05) is 32.8 Å². The van der Waals surface area contributed by atoms with Crippen LogP contribution in [0.2, 0.25) is 5.02 Å². The summed E-state index contributed by atoms with van der Waals surface area (Å²) in [5, 5.41) is 3.37. The quantitative estimate of drug-likeness (QED) is 0.887. The van der Waals surface area contributed by atoms with E-state index >= 15 is 0 Å². The number of hydrogen-bond acceptors (Lipinski definition) is 3. The number of nitrogens with zero attached hydrogens (tertiary/aromatic N) is 1. The Morgan fingerprint density at radius 2 is 1.84 bits per heavy atom. The molecule has 4 nitrogen and oxygen atoms in total. The summed E-state index contributed by atoms with van der Waals surface area (Å²) in [5.74, 6) is -0.490. The number of carbonyl (C=O) groups excluding carboxylic acids is 1. The first kappa shape index (κ1) is 17.9. The highest BCUT2D eigenvalue weighted by atomic mass is 35.5. The number of rotatable bonds is 5. The summed E-state index contributed by atoms with van der Waals surface area (Å²) in [5.41, 5.74) is 1.41. The minimum absolute atomic E-state index is 0.0454. The van der Waals surface area contributed by atoms with Crippen molar-refractivity contribution in [2.45, 2.75) is 6.04 Å². The Morgan fingerprint density at radius 3 is 2.52 bits per heavy atom. The number of hydrogen-bond donors (Lipinski definition) is 1. The molecule has 2 aromatic carbocycles. The van der Waals surface area contributed by atoms with Gasteiger partial charge in [0.25, 0.3) is 5.91 Å². The van der Waals surface area contributed by atoms with Crippen molar-refractivity contribution >= 4 is 17.5 Å². The van der Waals surface area contributed by atoms with E-state index in [9.17, 15) is 9.18 Å². The third-order valence-corrected chi connectivity index (χ3v) is 4.65. The number of benzene rings is 2. The average Bonchev–Trinajstić information content (AvgIpc) is 2.64. The van der Waals surface area contributed by atoms with Crippen molar-refractivity contribution in [2.24, 2.45) is 0 Å². The number of halogens is 2. The van der Waals surface area contributed by atoms with E-state index in [1.54, 1.807) is 36.4 Å². The molecule has 6 heteroatoms. The molecule has 0 saturated carbocycles. The van der Waals surface area contributed by atoms with E-state index in [2.05, 4.69) is 10.2 Å². The van der Waals surface area contributed by atoms with Crippen LogP contribution >= 0.6 is 11.6 Å². The van der Waals surface area contributed by atoms with Gasteiger partial charge in [-0.1, -0.05) is 35.9 Å². The van der Waals surface area contributed by atoms with Crippen molar-refractivity contribution in [3.05, 3.63) is 70.5 Å². The van der Waals surface area contributed by atoms with Gasteiger partial charge in [-0.05, 0) is 29.8 Å². The second-order valence-electron chi connectivity index (χ2n) is 5.91. The van der Waals surface area contributed by atoms with Crippen LogP contribution in [-0.4, -0.2) is 43.7 Å². The van der Waals surface area contributed by atoms with Crippen molar-refractivity contribution in [3.63, 3.8) is 0 Å². The molecule has 0 spiro atoms. The molecule has 1 aliphatic heterocycles. The molecule has 0 bridgehead atoms. The number of ether oxygens (including phenoxy) is 1. The molecule has 1 aliphatic rings. The van der Waals surface area contributed by atoms with Crippen LogP contribution in [-0.2, 0) is 4.74 Å². The summed E-state index contributed by atoms with van der Waals surface area (Å²) in [6.45, 7) is 3.25. The van der Waals surface area contributed by atoms with Gasteiger partial charge in [-0.15, -0.1) is 0 Å². The molecule has 0 aliphatic carbocycles. The Labute approximate surface area is 151 Å². The lowest BCUT2D eigenvalue weighted by atomic mass is 10.0. The Kier molecular flexibility index (Phi) is 6.02. The standard InChI is InChI=1S/C19H20ClFN2O2/c20-17-4-2-1-3-16(17)19(24)22-13-18(23-9-11-25-12-10-23)14-5-7-15(21)8-6-14/h1-8,18H,9-13H2,(H,22,24)/t18-/m0/s1. The lowest BCUT2D eigenvalue weighted by Gasteiger charge is -2.35. The smallest absolute Gasteiger partial charge is 0.252 e. The minimum atomic E-state index is -0.274. The third kappa shape index (κ3) is 4.57. The molecule has 0 radical (unpaired) electrons. The number of nitrogens with one attached hydrogen (secondary N) is 1. The molecule has 3 rings (SSSR count). The summed E-state index contributed by atoms with van der Waals surface area (Å²) in [6, 6.07) is 13.3. The summed E-state index contributed by atoms with van der Waals surface area (Å²) in [6.07, 6.45) is 0. The topological polar surface area (TPSA) is 41.6 Å². The van der Waals surface area contributed by atoms with Gasteiger partial charge < -0.3 is 10.1 Å². The number of morpholine rings is 1. The SMILES string of the molecule is O=C(NC[C@@H](c1ccc(F)cc1)N1CCOCC1)c1ccccc1Cl. The molecule has 0 unspecified atom stereocenters. The van der Waals surface area contributed by atoms with Gasteiger partial charge in [-0.2, -0.15) is 0 Å². The van der Waals surface area contributed by atoms with Crippen LogP contribution in [0.5, 0.6) is 0 Å². The fourth-order valence-electron chi connectivity index (χ4n) is 2.96. The molecule has 132 valence electrons. The molecule has 1 saturated heterocycles. The van der Waals surface area contributed by atoms with Gasteiger partial charge in [0.1, 0.15) is 5.82 Å². The molecule has 1 amide bonds. The van der Waals surface area contributed by atoms with Gasteiger partial charge in [-0.25, -0.2) is 4.39 Å². The molecular formula is C19H20ClFN2O2. The lowest BCUT2D eigenvalue weighted by molar-refractivity contribution is 0.0162. The Morgan fingerprint density at radius 1 is 1.16 bits per heavy atom. The molecule has 0 aromatic heterocycles. The van der Waals surface area contributed by atoms with E-state index in [1.165, 1.54) is 12.1 Å². The second-order valence-corrected chi connectivity index (χ2v) is 6.31. The van der Waals surface area contributed by atoms with Gasteiger partial charge in [0.2, 0.25) is 0 Å². The summed E-state index contributed by atoms with van der Waals surface area (Å²) >= 11 is 6.09. The van der Waals surface area contributed by atoms with Gasteiger partial charge in [0, 0.05) is 19.6 Å². The molecule has 1 heterocycles. The molecule has 2 aromatic rings. The van der Waals surface area contributed by atoms with E-state index in [0.29, 0.717) is 30.3 Å². The summed E-state index contributed by atoms with van der Waals surface area (Å²) in [4.78, 5) is 14.7.